The summed E-state index contributed by atoms with van der Waals surface area (Å²) >= 11 is 1.28. The Kier molecular flexibility index (Phi) is 2.96. The lowest BCUT2D eigenvalue weighted by atomic mass is 10.2. The minimum absolute atomic E-state index is 0.0974. The lowest BCUT2D eigenvalue weighted by Crippen LogP contribution is -2.32. The lowest BCUT2D eigenvalue weighted by molar-refractivity contribution is 0.0770. The molecule has 0 spiro atoms. The minimum atomic E-state index is -0.314. The molecule has 0 saturated heterocycles. The number of benzene rings is 1. The van der Waals surface area contributed by atoms with Gasteiger partial charge in [-0.1, -0.05) is 6.07 Å². The summed E-state index contributed by atoms with van der Waals surface area (Å²) in [5.41, 5.74) is 0. The first-order valence-electron chi connectivity index (χ1n) is 6.06. The highest BCUT2D eigenvalue weighted by molar-refractivity contribution is 7.20. The molecule has 1 amide bonds. The second-order valence-electron chi connectivity index (χ2n) is 4.58. The van der Waals surface area contributed by atoms with E-state index in [4.69, 9.17) is 5.26 Å². The van der Waals surface area contributed by atoms with Crippen molar-refractivity contribution in [3.63, 3.8) is 0 Å². The van der Waals surface area contributed by atoms with Crippen LogP contribution in [-0.2, 0) is 0 Å². The van der Waals surface area contributed by atoms with Gasteiger partial charge in [0.15, 0.2) is 0 Å². The Morgan fingerprint density at radius 2 is 2.32 bits per heavy atom. The fraction of sp³-hybridized carbons (Fsp3) is 0.286. The maximum atomic E-state index is 13.6. The molecule has 0 N–H and O–H groups in total. The molecule has 1 saturated carbocycles. The van der Waals surface area contributed by atoms with Crippen LogP contribution in [0.5, 0.6) is 0 Å². The zero-order valence-electron chi connectivity index (χ0n) is 10.1. The van der Waals surface area contributed by atoms with Crippen LogP contribution in [0.25, 0.3) is 10.1 Å². The van der Waals surface area contributed by atoms with Gasteiger partial charge in [0.1, 0.15) is 12.4 Å². The van der Waals surface area contributed by atoms with Crippen molar-refractivity contribution in [3.05, 3.63) is 35.0 Å². The molecule has 0 atom stereocenters. The molecule has 1 aliphatic rings. The van der Waals surface area contributed by atoms with Gasteiger partial charge in [0.05, 0.1) is 10.9 Å². The number of amides is 1. The van der Waals surface area contributed by atoms with Crippen LogP contribution in [-0.4, -0.2) is 23.4 Å². The third-order valence-electron chi connectivity index (χ3n) is 3.21. The quantitative estimate of drug-likeness (QED) is 0.807. The Morgan fingerprint density at radius 1 is 1.53 bits per heavy atom. The number of nitrogens with zero attached hydrogens (tertiary/aromatic N) is 2. The molecule has 1 fully saturated rings. The molecule has 2 aromatic rings. The smallest absolute Gasteiger partial charge is 0.265 e. The molecule has 0 aliphatic heterocycles. The largest absolute Gasteiger partial charge is 0.322 e. The van der Waals surface area contributed by atoms with E-state index in [0.29, 0.717) is 10.3 Å². The van der Waals surface area contributed by atoms with Crippen LogP contribution in [0.3, 0.4) is 0 Å². The molecule has 1 aromatic heterocycles. The highest BCUT2D eigenvalue weighted by Crippen LogP contribution is 2.32. The highest BCUT2D eigenvalue weighted by Gasteiger charge is 2.33. The van der Waals surface area contributed by atoms with E-state index in [1.165, 1.54) is 17.4 Å². The van der Waals surface area contributed by atoms with Crippen molar-refractivity contribution in [1.82, 2.24) is 4.90 Å². The van der Waals surface area contributed by atoms with Crippen LogP contribution in [0.2, 0.25) is 0 Å². The topological polar surface area (TPSA) is 44.1 Å². The summed E-state index contributed by atoms with van der Waals surface area (Å²) in [4.78, 5) is 14.4. The first-order chi connectivity index (χ1) is 9.20. The molecule has 1 heterocycles. The van der Waals surface area contributed by atoms with E-state index in [1.54, 1.807) is 23.1 Å². The zero-order chi connectivity index (χ0) is 13.4. The van der Waals surface area contributed by atoms with Crippen LogP contribution in [0, 0.1) is 17.1 Å². The lowest BCUT2D eigenvalue weighted by Gasteiger charge is -2.17. The summed E-state index contributed by atoms with van der Waals surface area (Å²) in [7, 11) is 0. The molecule has 19 heavy (non-hydrogen) atoms. The van der Waals surface area contributed by atoms with Crippen molar-refractivity contribution in [2.24, 2.45) is 0 Å². The molecule has 3 nitrogen and oxygen atoms in total. The summed E-state index contributed by atoms with van der Waals surface area (Å²) in [5, 5.41) is 9.27. The number of carbonyl (C=O) groups is 1. The van der Waals surface area contributed by atoms with Gasteiger partial charge in [-0.2, -0.15) is 5.26 Å². The number of nitriles is 1. The first-order valence-corrected chi connectivity index (χ1v) is 6.88. The van der Waals surface area contributed by atoms with Gasteiger partial charge in [-0.3, -0.25) is 4.79 Å². The van der Waals surface area contributed by atoms with E-state index in [2.05, 4.69) is 0 Å². The first kappa shape index (κ1) is 12.1. The fourth-order valence-electron chi connectivity index (χ4n) is 2.10. The van der Waals surface area contributed by atoms with Gasteiger partial charge in [0.2, 0.25) is 0 Å². The Morgan fingerprint density at radius 3 is 2.95 bits per heavy atom. The molecule has 96 valence electrons. The van der Waals surface area contributed by atoms with Crippen molar-refractivity contribution in [3.8, 4) is 6.07 Å². The van der Waals surface area contributed by atoms with Crippen LogP contribution < -0.4 is 0 Å². The number of carbonyl (C=O) groups excluding carboxylic acids is 1. The minimum Gasteiger partial charge on any atom is -0.322 e. The molecule has 1 aliphatic carbocycles. The van der Waals surface area contributed by atoms with Crippen molar-refractivity contribution < 1.29 is 9.18 Å². The van der Waals surface area contributed by atoms with Gasteiger partial charge in [-0.05, 0) is 31.0 Å². The Hall–Kier alpha value is -1.93. The van der Waals surface area contributed by atoms with Gasteiger partial charge in [0.25, 0.3) is 5.91 Å². The number of fused-ring (bicyclic) bond motifs is 1. The normalized spacial score (nSPS) is 14.3. The molecular formula is C14H11FN2OS. The van der Waals surface area contributed by atoms with E-state index < -0.39 is 0 Å². The van der Waals surface area contributed by atoms with Gasteiger partial charge in [0, 0.05) is 16.1 Å². The van der Waals surface area contributed by atoms with E-state index in [0.717, 1.165) is 17.5 Å². The maximum Gasteiger partial charge on any atom is 0.265 e. The molecule has 5 heteroatoms. The average Bonchev–Trinajstić information content (AvgIpc) is 3.14. The van der Waals surface area contributed by atoms with Crippen molar-refractivity contribution in [1.29, 1.82) is 5.26 Å². The third-order valence-corrected chi connectivity index (χ3v) is 4.30. The summed E-state index contributed by atoms with van der Waals surface area (Å²) in [6, 6.07) is 8.61. The van der Waals surface area contributed by atoms with Crippen LogP contribution >= 0.6 is 11.3 Å². The molecule has 0 radical (unpaired) electrons. The maximum absolute atomic E-state index is 13.6. The van der Waals surface area contributed by atoms with Crippen molar-refractivity contribution in [2.75, 3.05) is 6.54 Å². The van der Waals surface area contributed by atoms with Crippen molar-refractivity contribution in [2.45, 2.75) is 18.9 Å². The molecular weight excluding hydrogens is 263 g/mol. The molecule has 0 bridgehead atoms. The number of rotatable bonds is 3. The SMILES string of the molecule is N#CCN(C(=O)c1cc2c(F)cccc2s1)C1CC1. The van der Waals surface area contributed by atoms with Gasteiger partial charge in [-0.25, -0.2) is 4.39 Å². The number of hydrogen-bond donors (Lipinski definition) is 0. The zero-order valence-corrected chi connectivity index (χ0v) is 10.9. The van der Waals surface area contributed by atoms with Gasteiger partial charge >= 0.3 is 0 Å². The van der Waals surface area contributed by atoms with Gasteiger partial charge in [-0.15, -0.1) is 11.3 Å². The average molecular weight is 274 g/mol. The predicted molar refractivity (Wildman–Crippen MR) is 71.5 cm³/mol. The van der Waals surface area contributed by atoms with E-state index >= 15 is 0 Å². The summed E-state index contributed by atoms with van der Waals surface area (Å²) in [6.45, 7) is 0.0974. The van der Waals surface area contributed by atoms with Crippen molar-refractivity contribution >= 4 is 27.3 Å². The van der Waals surface area contributed by atoms with Crippen LogP contribution in [0.15, 0.2) is 24.3 Å². The monoisotopic (exact) mass is 274 g/mol. The second kappa shape index (κ2) is 4.63. The predicted octanol–water partition coefficient (Wildman–Crippen LogP) is 3.17. The van der Waals surface area contributed by atoms with Crippen LogP contribution in [0.4, 0.5) is 4.39 Å². The summed E-state index contributed by atoms with van der Waals surface area (Å²) in [5.74, 6) is -0.476. The number of hydrogen-bond acceptors (Lipinski definition) is 3. The molecule has 3 rings (SSSR count). The van der Waals surface area contributed by atoms with E-state index in [-0.39, 0.29) is 24.3 Å². The summed E-state index contributed by atoms with van der Waals surface area (Å²) < 4.78 is 14.4. The fourth-order valence-corrected chi connectivity index (χ4v) is 3.13. The summed E-state index contributed by atoms with van der Waals surface area (Å²) in [6.07, 6.45) is 1.90. The van der Waals surface area contributed by atoms with Crippen LogP contribution in [0.1, 0.15) is 22.5 Å². The molecule has 1 aromatic carbocycles. The Balaban J connectivity index is 1.97. The molecule has 0 unspecified atom stereocenters. The Bertz CT molecular complexity index is 684. The van der Waals surface area contributed by atoms with E-state index in [9.17, 15) is 9.18 Å². The van der Waals surface area contributed by atoms with Gasteiger partial charge < -0.3 is 4.90 Å². The standard InChI is InChI=1S/C14H11FN2OS/c15-11-2-1-3-12-10(11)8-13(19-12)14(18)17(7-6-16)9-4-5-9/h1-3,8-9H,4-5,7H2. The Labute approximate surface area is 113 Å². The third kappa shape index (κ3) is 2.20. The highest BCUT2D eigenvalue weighted by atomic mass is 32.1. The number of thiophene rings is 1. The number of halogens is 1. The second-order valence-corrected chi connectivity index (χ2v) is 5.67. The van der Waals surface area contributed by atoms with E-state index in [1.807, 2.05) is 6.07 Å².